The van der Waals surface area contributed by atoms with E-state index in [-0.39, 0.29) is 132 Å². The van der Waals surface area contributed by atoms with E-state index in [2.05, 4.69) is 0 Å². The van der Waals surface area contributed by atoms with Crippen molar-refractivity contribution in [1.29, 1.82) is 0 Å². The van der Waals surface area contributed by atoms with Gasteiger partial charge in [0.2, 0.25) is 0 Å². The van der Waals surface area contributed by atoms with Crippen LogP contribution in [0.1, 0.15) is 2.85 Å². The van der Waals surface area contributed by atoms with Gasteiger partial charge in [0.15, 0.2) is 17.4 Å². The molecule has 5 radical (unpaired) electrons. The van der Waals surface area contributed by atoms with E-state index in [0.717, 1.165) is 0 Å². The molecule has 5 heavy (non-hydrogen) atoms. The molecule has 0 nitrogen and oxygen atoms in total. The topological polar surface area (TPSA) is 0 Å². The summed E-state index contributed by atoms with van der Waals surface area (Å²) >= 11 is 0. The van der Waals surface area contributed by atoms with Crippen LogP contribution in [-0.4, -0.2) is 106 Å². The fourth-order valence-electron chi connectivity index (χ4n) is 0. The molecule has 0 heterocycles. The van der Waals surface area contributed by atoms with Gasteiger partial charge in [0.25, 0.3) is 0 Å². The predicted octanol–water partition coefficient (Wildman–Crippen LogP) is -3.17. The second kappa shape index (κ2) is 24.0. The van der Waals surface area contributed by atoms with E-state index in [1.165, 1.54) is 0 Å². The Balaban J connectivity index is 0. The Bertz CT molecular complexity index is 17.7. The molecule has 5 heteroatoms. The van der Waals surface area contributed by atoms with Gasteiger partial charge in [0.1, 0.15) is 0 Å². The fourth-order valence-corrected chi connectivity index (χ4v) is 0. The van der Waals surface area contributed by atoms with Crippen molar-refractivity contribution in [3.05, 3.63) is 0 Å². The molecule has 0 saturated heterocycles. The van der Waals surface area contributed by atoms with Gasteiger partial charge in [-0.1, -0.05) is 0 Å². The maximum absolute atomic E-state index is 0. The van der Waals surface area contributed by atoms with Crippen LogP contribution in [0.5, 0.6) is 0 Å². The third-order valence-electron chi connectivity index (χ3n) is 0. The molecule has 0 aliphatic rings. The van der Waals surface area contributed by atoms with Crippen LogP contribution in [0.3, 0.4) is 0 Å². The molecule has 0 fully saturated rings. The Labute approximate surface area is 128 Å². The van der Waals surface area contributed by atoms with Crippen molar-refractivity contribution in [2.45, 2.75) is 0 Å². The summed E-state index contributed by atoms with van der Waals surface area (Å²) in [5, 5.41) is 0. The van der Waals surface area contributed by atoms with E-state index >= 15 is 0 Å². The maximum atomic E-state index is 0. The molecule has 0 saturated carbocycles. The quantitative estimate of drug-likeness (QED) is 0.302. The molecule has 0 bridgehead atoms. The molecule has 0 aromatic rings. The second-order valence-corrected chi connectivity index (χ2v) is 0. The minimum atomic E-state index is 0. The Morgan fingerprint density at radius 1 is 1.20 bits per heavy atom. The van der Waals surface area contributed by atoms with Crippen LogP contribution in [0.15, 0.2) is 0 Å². The van der Waals surface area contributed by atoms with Crippen LogP contribution in [-0.2, 0) is 22.4 Å². The zero-order chi connectivity index (χ0) is 0. The molecule has 0 aliphatic carbocycles. The molecule has 0 aromatic heterocycles. The zero-order valence-electron chi connectivity index (χ0n) is 4.42. The van der Waals surface area contributed by atoms with Crippen molar-refractivity contribution >= 4 is 106 Å². The molecular formula is H9AgAlCaPbSn. The van der Waals surface area contributed by atoms with Gasteiger partial charge in [-0.25, -0.2) is 0 Å². The SMILES string of the molecule is [Ag].[AlH3].[Ca+2].[H-].[H-].[PbH2].[SnH2]. The summed E-state index contributed by atoms with van der Waals surface area (Å²) in [5.74, 6) is 0. The summed E-state index contributed by atoms with van der Waals surface area (Å²) in [7, 11) is 0. The zero-order valence-corrected chi connectivity index (χ0v) is 15.6. The Kier molecular flexibility index (Phi) is 167. The first-order valence-electron chi connectivity index (χ1n) is 0. The van der Waals surface area contributed by atoms with E-state index in [0.29, 0.717) is 0 Å². The van der Waals surface area contributed by atoms with Gasteiger partial charge in [0.05, 0.1) is 0 Å². The van der Waals surface area contributed by atoms with Gasteiger partial charge in [-0.05, 0) is 0 Å². The average Bonchev–Trinajstić information content (AvgIpc) is 0. The van der Waals surface area contributed by atoms with Crippen molar-refractivity contribution < 1.29 is 25.2 Å². The molecule has 0 aliphatic heterocycles. The van der Waals surface area contributed by atoms with E-state index in [1.54, 1.807) is 0 Å². The van der Waals surface area contributed by atoms with E-state index in [9.17, 15) is 0 Å². The van der Waals surface area contributed by atoms with Crippen molar-refractivity contribution in [3.63, 3.8) is 0 Å². The molecule has 33 valence electrons. The summed E-state index contributed by atoms with van der Waals surface area (Å²) in [6, 6.07) is 0. The molecule has 0 spiro atoms. The molecule has 0 amide bonds. The van der Waals surface area contributed by atoms with Gasteiger partial charge in [-0.15, -0.1) is 0 Å². The summed E-state index contributed by atoms with van der Waals surface area (Å²) in [5.41, 5.74) is 0. The van der Waals surface area contributed by atoms with Gasteiger partial charge in [0, 0.05) is 22.4 Å². The van der Waals surface area contributed by atoms with Gasteiger partial charge < -0.3 is 2.85 Å². The van der Waals surface area contributed by atoms with Crippen LogP contribution in [0.2, 0.25) is 0 Å². The van der Waals surface area contributed by atoms with Crippen LogP contribution in [0.25, 0.3) is 0 Å². The van der Waals surface area contributed by atoms with Crippen LogP contribution in [0, 0.1) is 0 Å². The van der Waals surface area contributed by atoms with Crippen molar-refractivity contribution in [1.82, 2.24) is 0 Å². The molecular weight excluding hydrogens is 501 g/mol. The van der Waals surface area contributed by atoms with E-state index in [4.69, 9.17) is 0 Å². The monoisotopic (exact) mass is 511 g/mol. The molecule has 0 aromatic carbocycles. The fraction of sp³-hybridized carbons (Fsp3) is 0. The van der Waals surface area contributed by atoms with E-state index in [1.807, 2.05) is 0 Å². The first-order valence-corrected chi connectivity index (χ1v) is 0. The predicted molar refractivity (Wildman–Crippen MR) is 35.0 cm³/mol. The summed E-state index contributed by atoms with van der Waals surface area (Å²) in [6.07, 6.45) is 0. The molecule has 0 N–H and O–H groups in total. The molecule has 0 atom stereocenters. The average molecular weight is 510 g/mol. The standard InChI is InChI=1S/Ag.Al.Ca.Pb.Sn.9H/q;;+2;;;;;;;;;;2*-1. The van der Waals surface area contributed by atoms with Crippen LogP contribution in [0.4, 0.5) is 0 Å². The van der Waals surface area contributed by atoms with E-state index < -0.39 is 0 Å². The minimum absolute atomic E-state index is 0. The van der Waals surface area contributed by atoms with Crippen molar-refractivity contribution in [2.75, 3.05) is 0 Å². The summed E-state index contributed by atoms with van der Waals surface area (Å²) in [4.78, 5) is 0. The number of rotatable bonds is 0. The van der Waals surface area contributed by atoms with Crippen LogP contribution >= 0.6 is 0 Å². The van der Waals surface area contributed by atoms with Gasteiger partial charge in [-0.2, -0.15) is 0 Å². The van der Waals surface area contributed by atoms with Crippen molar-refractivity contribution in [3.8, 4) is 0 Å². The van der Waals surface area contributed by atoms with Gasteiger partial charge >= 0.3 is 88.9 Å². The normalized spacial score (nSPS) is 0. The Morgan fingerprint density at radius 3 is 1.20 bits per heavy atom. The Hall–Kier alpha value is 4.25. The van der Waals surface area contributed by atoms with Crippen molar-refractivity contribution in [2.24, 2.45) is 0 Å². The third kappa shape index (κ3) is 17.8. The number of hydrogen-bond acceptors (Lipinski definition) is 0. The molecule has 0 rings (SSSR count). The summed E-state index contributed by atoms with van der Waals surface area (Å²) in [6.45, 7) is 0. The number of hydrogen-bond donors (Lipinski definition) is 0. The first-order chi connectivity index (χ1) is 0. The second-order valence-electron chi connectivity index (χ2n) is 0. The Morgan fingerprint density at radius 2 is 1.20 bits per heavy atom. The third-order valence-corrected chi connectivity index (χ3v) is 0. The molecule has 0 unspecified atom stereocenters. The van der Waals surface area contributed by atoms with Gasteiger partial charge in [-0.3, -0.25) is 0 Å². The van der Waals surface area contributed by atoms with Crippen LogP contribution < -0.4 is 0 Å². The summed E-state index contributed by atoms with van der Waals surface area (Å²) < 4.78 is 0. The first kappa shape index (κ1) is 34.8.